The zero-order valence-corrected chi connectivity index (χ0v) is 12.7. The van der Waals surface area contributed by atoms with Crippen LogP contribution in [-0.4, -0.2) is 33.7 Å². The van der Waals surface area contributed by atoms with Crippen molar-refractivity contribution in [1.82, 2.24) is 25.6 Å². The lowest BCUT2D eigenvalue weighted by Gasteiger charge is -2.27. The summed E-state index contributed by atoms with van der Waals surface area (Å²) in [7, 11) is 1.79. The van der Waals surface area contributed by atoms with Crippen molar-refractivity contribution in [3.05, 3.63) is 41.2 Å². The first kappa shape index (κ1) is 14.4. The predicted molar refractivity (Wildman–Crippen MR) is 80.5 cm³/mol. The van der Waals surface area contributed by atoms with Gasteiger partial charge in [0, 0.05) is 7.05 Å². The van der Waals surface area contributed by atoms with Crippen LogP contribution in [0.25, 0.3) is 0 Å². The van der Waals surface area contributed by atoms with Crippen molar-refractivity contribution >= 4 is 6.03 Å². The van der Waals surface area contributed by atoms with E-state index in [0.29, 0.717) is 13.2 Å². The molecule has 3 rings (SSSR count). The number of ether oxygens (including phenoxy) is 1. The summed E-state index contributed by atoms with van der Waals surface area (Å²) in [6, 6.07) is 5.83. The highest BCUT2D eigenvalue weighted by molar-refractivity contribution is 5.74. The monoisotopic (exact) mass is 301 g/mol. The third-order valence-corrected chi connectivity index (χ3v) is 3.76. The molecule has 1 aromatic heterocycles. The zero-order chi connectivity index (χ0) is 15.5. The molecule has 2 N–H and O–H groups in total. The van der Waals surface area contributed by atoms with Gasteiger partial charge >= 0.3 is 6.03 Å². The van der Waals surface area contributed by atoms with E-state index in [1.165, 1.54) is 0 Å². The molecule has 1 aliphatic rings. The number of aryl methyl sites for hydroxylation is 2. The molecule has 22 heavy (non-hydrogen) atoms. The molecule has 7 nitrogen and oxygen atoms in total. The number of amides is 2. The fourth-order valence-corrected chi connectivity index (χ4v) is 2.56. The average molecular weight is 301 g/mol. The van der Waals surface area contributed by atoms with Crippen molar-refractivity contribution < 1.29 is 9.53 Å². The lowest BCUT2D eigenvalue weighted by atomic mass is 10.0. The Morgan fingerprint density at radius 2 is 2.36 bits per heavy atom. The Hall–Kier alpha value is -2.57. The highest BCUT2D eigenvalue weighted by Gasteiger charge is 2.22. The highest BCUT2D eigenvalue weighted by Crippen LogP contribution is 2.28. The number of nitrogens with one attached hydrogen (secondary N) is 2. The highest BCUT2D eigenvalue weighted by atomic mass is 16.5. The second-order valence-corrected chi connectivity index (χ2v) is 5.45. The molecular formula is C15H19N5O2. The number of para-hydroxylation sites is 1. The van der Waals surface area contributed by atoms with E-state index in [2.05, 4.69) is 20.9 Å². The fraction of sp³-hybridized carbons (Fsp3) is 0.400. The van der Waals surface area contributed by atoms with Crippen molar-refractivity contribution in [3.63, 3.8) is 0 Å². The number of fused-ring (bicyclic) bond motifs is 1. The second-order valence-electron chi connectivity index (χ2n) is 5.45. The van der Waals surface area contributed by atoms with E-state index in [9.17, 15) is 4.79 Å². The summed E-state index contributed by atoms with van der Waals surface area (Å²) in [6.45, 7) is 2.90. The normalized spacial score (nSPS) is 16.5. The van der Waals surface area contributed by atoms with Crippen molar-refractivity contribution in [3.8, 4) is 5.75 Å². The van der Waals surface area contributed by atoms with Crippen molar-refractivity contribution in [2.45, 2.75) is 25.9 Å². The van der Waals surface area contributed by atoms with Crippen LogP contribution in [0.2, 0.25) is 0 Å². The van der Waals surface area contributed by atoms with E-state index in [1.807, 2.05) is 25.1 Å². The molecule has 2 amide bonds. The summed E-state index contributed by atoms with van der Waals surface area (Å²) in [4.78, 5) is 12.0. The fourth-order valence-electron chi connectivity index (χ4n) is 2.56. The van der Waals surface area contributed by atoms with Crippen LogP contribution in [0.15, 0.2) is 24.4 Å². The van der Waals surface area contributed by atoms with Crippen molar-refractivity contribution in [2.75, 3.05) is 6.61 Å². The average Bonchev–Trinajstić information content (AvgIpc) is 2.91. The van der Waals surface area contributed by atoms with Crippen LogP contribution < -0.4 is 15.4 Å². The lowest BCUT2D eigenvalue weighted by Crippen LogP contribution is -2.47. The Balaban J connectivity index is 1.54. The SMILES string of the molecule is Cc1cccc2c1OC[C@H](NC(=O)NCc1cnnn1C)C2. The molecule has 0 unspecified atom stereocenters. The van der Waals surface area contributed by atoms with E-state index in [0.717, 1.165) is 29.0 Å². The summed E-state index contributed by atoms with van der Waals surface area (Å²) in [6.07, 6.45) is 2.40. The van der Waals surface area contributed by atoms with Gasteiger partial charge < -0.3 is 15.4 Å². The van der Waals surface area contributed by atoms with Gasteiger partial charge in [0.05, 0.1) is 24.5 Å². The second kappa shape index (κ2) is 6.05. The Morgan fingerprint density at radius 1 is 1.50 bits per heavy atom. The first-order valence-corrected chi connectivity index (χ1v) is 7.22. The summed E-state index contributed by atoms with van der Waals surface area (Å²) < 4.78 is 7.40. The number of aromatic nitrogens is 3. The standard InChI is InChI=1S/C15H19N5O2/c1-10-4-3-5-11-6-12(9-22-14(10)11)18-15(21)16-7-13-8-17-19-20(13)2/h3-5,8,12H,6-7,9H2,1-2H3,(H2,16,18,21)/t12-/m1/s1. The smallest absolute Gasteiger partial charge is 0.315 e. The van der Waals surface area contributed by atoms with Gasteiger partial charge in [0.2, 0.25) is 0 Å². The number of carbonyl (C=O) groups excluding carboxylic acids is 1. The van der Waals surface area contributed by atoms with Gasteiger partial charge in [-0.15, -0.1) is 5.10 Å². The Morgan fingerprint density at radius 3 is 3.14 bits per heavy atom. The Labute approximate surface area is 128 Å². The van der Waals surface area contributed by atoms with Gasteiger partial charge in [0.25, 0.3) is 0 Å². The Bertz CT molecular complexity index is 682. The molecule has 1 atom stereocenters. The molecule has 2 aromatic rings. The molecule has 7 heteroatoms. The van der Waals surface area contributed by atoms with Crippen LogP contribution in [0, 0.1) is 6.92 Å². The van der Waals surface area contributed by atoms with Crippen molar-refractivity contribution in [2.24, 2.45) is 7.05 Å². The molecular weight excluding hydrogens is 282 g/mol. The van der Waals surface area contributed by atoms with Crippen LogP contribution in [0.5, 0.6) is 5.75 Å². The number of benzene rings is 1. The summed E-state index contributed by atoms with van der Waals surface area (Å²) in [5, 5.41) is 13.3. The maximum Gasteiger partial charge on any atom is 0.315 e. The third-order valence-electron chi connectivity index (χ3n) is 3.76. The molecule has 1 aromatic carbocycles. The van der Waals surface area contributed by atoms with Crippen LogP contribution in [0.4, 0.5) is 4.79 Å². The number of nitrogens with zero attached hydrogens (tertiary/aromatic N) is 3. The minimum absolute atomic E-state index is 0.0287. The first-order chi connectivity index (χ1) is 10.6. The van der Waals surface area contributed by atoms with Gasteiger partial charge in [-0.3, -0.25) is 4.68 Å². The molecule has 0 radical (unpaired) electrons. The molecule has 0 saturated heterocycles. The largest absolute Gasteiger partial charge is 0.491 e. The third kappa shape index (κ3) is 3.03. The van der Waals surface area contributed by atoms with Gasteiger partial charge in [-0.25, -0.2) is 4.79 Å². The molecule has 116 valence electrons. The molecule has 2 heterocycles. The maximum absolute atomic E-state index is 12.0. The zero-order valence-electron chi connectivity index (χ0n) is 12.7. The van der Waals surface area contributed by atoms with E-state index in [4.69, 9.17) is 4.74 Å². The number of hydrogen-bond donors (Lipinski definition) is 2. The molecule has 0 spiro atoms. The molecule has 0 fully saturated rings. The number of urea groups is 1. The van der Waals surface area contributed by atoms with Gasteiger partial charge in [0.15, 0.2) is 0 Å². The topological polar surface area (TPSA) is 81.1 Å². The maximum atomic E-state index is 12.0. The van der Waals surface area contributed by atoms with Gasteiger partial charge in [0.1, 0.15) is 12.4 Å². The van der Waals surface area contributed by atoms with Crippen molar-refractivity contribution in [1.29, 1.82) is 0 Å². The van der Waals surface area contributed by atoms with Gasteiger partial charge in [-0.05, 0) is 24.5 Å². The van der Waals surface area contributed by atoms with E-state index in [-0.39, 0.29) is 12.1 Å². The number of rotatable bonds is 3. The lowest BCUT2D eigenvalue weighted by molar-refractivity contribution is 0.213. The quantitative estimate of drug-likeness (QED) is 0.883. The minimum Gasteiger partial charge on any atom is -0.491 e. The summed E-state index contributed by atoms with van der Waals surface area (Å²) in [5.41, 5.74) is 3.10. The van der Waals surface area contributed by atoms with E-state index >= 15 is 0 Å². The predicted octanol–water partition coefficient (Wildman–Crippen LogP) is 0.926. The van der Waals surface area contributed by atoms with Crippen LogP contribution in [-0.2, 0) is 20.0 Å². The van der Waals surface area contributed by atoms with Gasteiger partial charge in [-0.2, -0.15) is 0 Å². The minimum atomic E-state index is -0.217. The molecule has 0 saturated carbocycles. The molecule has 0 aliphatic carbocycles. The Kier molecular flexibility index (Phi) is 3.95. The summed E-state index contributed by atoms with van der Waals surface area (Å²) in [5.74, 6) is 0.946. The van der Waals surface area contributed by atoms with Crippen LogP contribution >= 0.6 is 0 Å². The van der Waals surface area contributed by atoms with Gasteiger partial charge in [-0.1, -0.05) is 23.4 Å². The number of carbonyl (C=O) groups is 1. The van der Waals surface area contributed by atoms with Crippen LogP contribution in [0.1, 0.15) is 16.8 Å². The van der Waals surface area contributed by atoms with Crippen LogP contribution in [0.3, 0.4) is 0 Å². The summed E-state index contributed by atoms with van der Waals surface area (Å²) >= 11 is 0. The van der Waals surface area contributed by atoms with E-state index < -0.39 is 0 Å². The van der Waals surface area contributed by atoms with E-state index in [1.54, 1.807) is 17.9 Å². The first-order valence-electron chi connectivity index (χ1n) is 7.22. The number of hydrogen-bond acceptors (Lipinski definition) is 4. The molecule has 0 bridgehead atoms. The molecule has 1 aliphatic heterocycles.